The van der Waals surface area contributed by atoms with E-state index in [2.05, 4.69) is 11.9 Å². The minimum Gasteiger partial charge on any atom is -0.397 e. The maximum Gasteiger partial charge on any atom is 0.0536 e. The molecule has 0 spiro atoms. The first-order valence-corrected chi connectivity index (χ1v) is 5.08. The van der Waals surface area contributed by atoms with Gasteiger partial charge in [0, 0.05) is 5.69 Å². The second kappa shape index (κ2) is 3.36. The summed E-state index contributed by atoms with van der Waals surface area (Å²) < 4.78 is 0. The number of nitrogen functional groups attached to an aromatic ring is 1. The third-order valence-electron chi connectivity index (χ3n) is 2.86. The highest BCUT2D eigenvalue weighted by Gasteiger charge is 2.15. The normalized spacial score (nSPS) is 15.5. The van der Waals surface area contributed by atoms with E-state index in [0.717, 1.165) is 18.5 Å². The van der Waals surface area contributed by atoms with E-state index >= 15 is 0 Å². The molecule has 2 rings (SSSR count). The van der Waals surface area contributed by atoms with Crippen LogP contribution in [-0.4, -0.2) is 4.98 Å². The van der Waals surface area contributed by atoms with E-state index in [9.17, 15) is 0 Å². The predicted octanol–water partition coefficient (Wildman–Crippen LogP) is 2.10. The molecule has 0 amide bonds. The molecule has 2 nitrogen and oxygen atoms in total. The van der Waals surface area contributed by atoms with Crippen molar-refractivity contribution in [2.75, 3.05) is 5.73 Å². The molecule has 0 aliphatic heterocycles. The summed E-state index contributed by atoms with van der Waals surface area (Å²) >= 11 is 0. The van der Waals surface area contributed by atoms with Crippen molar-refractivity contribution in [3.63, 3.8) is 0 Å². The van der Waals surface area contributed by atoms with Crippen molar-refractivity contribution < 1.29 is 0 Å². The smallest absolute Gasteiger partial charge is 0.0536 e. The Bertz CT molecular complexity index is 318. The van der Waals surface area contributed by atoms with Crippen molar-refractivity contribution in [1.82, 2.24) is 4.98 Å². The summed E-state index contributed by atoms with van der Waals surface area (Å²) in [5.74, 6) is 0. The summed E-state index contributed by atoms with van der Waals surface area (Å²) in [4.78, 5) is 4.40. The Balaban J connectivity index is 2.52. The molecule has 2 N–H and O–H groups in total. The lowest BCUT2D eigenvalue weighted by Crippen LogP contribution is -2.10. The molecule has 1 aromatic rings. The second-order valence-electron chi connectivity index (χ2n) is 3.68. The maximum absolute atomic E-state index is 5.89. The van der Waals surface area contributed by atoms with Crippen LogP contribution in [0.25, 0.3) is 0 Å². The number of pyridine rings is 1. The van der Waals surface area contributed by atoms with Crippen molar-refractivity contribution in [2.45, 2.75) is 39.0 Å². The molecule has 1 aliphatic rings. The Labute approximate surface area is 79.2 Å². The first kappa shape index (κ1) is 8.54. The molecule has 1 aliphatic carbocycles. The van der Waals surface area contributed by atoms with Gasteiger partial charge in [-0.05, 0) is 43.2 Å². The van der Waals surface area contributed by atoms with Crippen LogP contribution in [0.1, 0.15) is 36.6 Å². The Morgan fingerprint density at radius 2 is 2.15 bits per heavy atom. The molecule has 0 saturated heterocycles. The fourth-order valence-electron chi connectivity index (χ4n) is 2.17. The predicted molar refractivity (Wildman–Crippen MR) is 54.7 cm³/mol. The van der Waals surface area contributed by atoms with Crippen LogP contribution in [0.2, 0.25) is 0 Å². The minimum atomic E-state index is 0.878. The number of fused-ring (bicyclic) bond motifs is 1. The van der Waals surface area contributed by atoms with E-state index in [0.29, 0.717) is 0 Å². The lowest BCUT2D eigenvalue weighted by Gasteiger charge is -2.18. The summed E-state index contributed by atoms with van der Waals surface area (Å²) in [6.45, 7) is 2.17. The zero-order chi connectivity index (χ0) is 9.26. The van der Waals surface area contributed by atoms with E-state index in [-0.39, 0.29) is 0 Å². The van der Waals surface area contributed by atoms with Crippen molar-refractivity contribution in [3.05, 3.63) is 23.0 Å². The molecule has 0 radical (unpaired) electrons. The molecule has 0 unspecified atom stereocenters. The van der Waals surface area contributed by atoms with Crippen molar-refractivity contribution in [3.8, 4) is 0 Å². The van der Waals surface area contributed by atoms with Crippen LogP contribution in [0, 0.1) is 0 Å². The number of hydrogen-bond donors (Lipinski definition) is 1. The van der Waals surface area contributed by atoms with Crippen LogP contribution >= 0.6 is 0 Å². The minimum absolute atomic E-state index is 0.878. The lowest BCUT2D eigenvalue weighted by atomic mass is 9.91. The average Bonchev–Trinajstić information content (AvgIpc) is 2.18. The summed E-state index contributed by atoms with van der Waals surface area (Å²) in [5.41, 5.74) is 10.8. The van der Waals surface area contributed by atoms with Gasteiger partial charge in [0.25, 0.3) is 0 Å². The molecule has 0 aromatic carbocycles. The molecule has 13 heavy (non-hydrogen) atoms. The monoisotopic (exact) mass is 176 g/mol. The summed E-state index contributed by atoms with van der Waals surface area (Å²) in [6.07, 6.45) is 7.76. The number of rotatable bonds is 1. The number of nitrogens with zero attached hydrogens (tertiary/aromatic N) is 1. The van der Waals surface area contributed by atoms with E-state index in [1.54, 1.807) is 0 Å². The maximum atomic E-state index is 5.89. The van der Waals surface area contributed by atoms with Gasteiger partial charge in [0.15, 0.2) is 0 Å². The molecule has 0 fully saturated rings. The molecule has 0 saturated carbocycles. The van der Waals surface area contributed by atoms with E-state index in [1.807, 2.05) is 6.20 Å². The number of aryl methyl sites for hydroxylation is 1. The van der Waals surface area contributed by atoms with Crippen LogP contribution in [0.15, 0.2) is 6.20 Å². The SMILES string of the molecule is CCc1c(N)cnc2c1CCCC2. The van der Waals surface area contributed by atoms with E-state index in [1.165, 1.54) is 36.1 Å². The van der Waals surface area contributed by atoms with Gasteiger partial charge in [-0.2, -0.15) is 0 Å². The highest BCUT2D eigenvalue weighted by atomic mass is 14.7. The van der Waals surface area contributed by atoms with Crippen molar-refractivity contribution >= 4 is 5.69 Å². The molecule has 1 heterocycles. The lowest BCUT2D eigenvalue weighted by molar-refractivity contribution is 0.662. The molecular formula is C11H16N2. The summed E-state index contributed by atoms with van der Waals surface area (Å²) in [5, 5.41) is 0. The third kappa shape index (κ3) is 1.41. The molecule has 1 aromatic heterocycles. The van der Waals surface area contributed by atoms with E-state index < -0.39 is 0 Å². The van der Waals surface area contributed by atoms with Gasteiger partial charge in [-0.15, -0.1) is 0 Å². The molecule has 0 bridgehead atoms. The average molecular weight is 176 g/mol. The molecule has 0 atom stereocenters. The number of anilines is 1. The molecular weight excluding hydrogens is 160 g/mol. The van der Waals surface area contributed by atoms with Gasteiger partial charge in [0.2, 0.25) is 0 Å². The van der Waals surface area contributed by atoms with Crippen LogP contribution < -0.4 is 5.73 Å². The fraction of sp³-hybridized carbons (Fsp3) is 0.545. The van der Waals surface area contributed by atoms with Crippen LogP contribution in [0.4, 0.5) is 5.69 Å². The van der Waals surface area contributed by atoms with Gasteiger partial charge < -0.3 is 5.73 Å². The third-order valence-corrected chi connectivity index (χ3v) is 2.86. The Morgan fingerprint density at radius 1 is 1.38 bits per heavy atom. The second-order valence-corrected chi connectivity index (χ2v) is 3.68. The van der Waals surface area contributed by atoms with Gasteiger partial charge in [0.1, 0.15) is 0 Å². The largest absolute Gasteiger partial charge is 0.397 e. The standard InChI is InChI=1S/C11H16N2/c1-2-8-9-5-3-4-6-11(9)13-7-10(8)12/h7H,2-6,12H2,1H3. The van der Waals surface area contributed by atoms with Crippen molar-refractivity contribution in [2.24, 2.45) is 0 Å². The van der Waals surface area contributed by atoms with Gasteiger partial charge in [-0.1, -0.05) is 6.92 Å². The van der Waals surface area contributed by atoms with Crippen LogP contribution in [0.5, 0.6) is 0 Å². The first-order valence-electron chi connectivity index (χ1n) is 5.08. The fourth-order valence-corrected chi connectivity index (χ4v) is 2.17. The highest BCUT2D eigenvalue weighted by Crippen LogP contribution is 2.26. The first-order chi connectivity index (χ1) is 6.33. The summed E-state index contributed by atoms with van der Waals surface area (Å²) in [7, 11) is 0. The van der Waals surface area contributed by atoms with Gasteiger partial charge in [0.05, 0.1) is 11.9 Å². The quantitative estimate of drug-likeness (QED) is 0.711. The van der Waals surface area contributed by atoms with Gasteiger partial charge >= 0.3 is 0 Å². The Kier molecular flexibility index (Phi) is 2.21. The number of aromatic nitrogens is 1. The summed E-state index contributed by atoms with van der Waals surface area (Å²) in [6, 6.07) is 0. The number of nitrogens with two attached hydrogens (primary N) is 1. The topological polar surface area (TPSA) is 38.9 Å². The highest BCUT2D eigenvalue weighted by molar-refractivity contribution is 5.51. The zero-order valence-electron chi connectivity index (χ0n) is 8.14. The van der Waals surface area contributed by atoms with Gasteiger partial charge in [-0.3, -0.25) is 4.98 Å². The van der Waals surface area contributed by atoms with Crippen molar-refractivity contribution in [1.29, 1.82) is 0 Å². The van der Waals surface area contributed by atoms with Gasteiger partial charge in [-0.25, -0.2) is 0 Å². The molecule has 2 heteroatoms. The molecule has 70 valence electrons. The Morgan fingerprint density at radius 3 is 2.92 bits per heavy atom. The number of hydrogen-bond acceptors (Lipinski definition) is 2. The zero-order valence-corrected chi connectivity index (χ0v) is 8.14. The van der Waals surface area contributed by atoms with Crippen LogP contribution in [0.3, 0.4) is 0 Å². The Hall–Kier alpha value is -1.05. The van der Waals surface area contributed by atoms with E-state index in [4.69, 9.17) is 5.73 Å². The van der Waals surface area contributed by atoms with Crippen LogP contribution in [-0.2, 0) is 19.3 Å².